The van der Waals surface area contributed by atoms with Crippen molar-refractivity contribution < 1.29 is 68.0 Å². The molecule has 0 aliphatic carbocycles. The van der Waals surface area contributed by atoms with Crippen LogP contribution in [-0.2, 0) is 31.0 Å². The van der Waals surface area contributed by atoms with Gasteiger partial charge in [0, 0.05) is 5.56 Å². The monoisotopic (exact) mass is 621 g/mol. The van der Waals surface area contributed by atoms with E-state index in [1.165, 1.54) is 0 Å². The van der Waals surface area contributed by atoms with Crippen LogP contribution in [0.15, 0.2) is 30.3 Å². The maximum atomic E-state index is 13.6. The summed E-state index contributed by atoms with van der Waals surface area (Å²) >= 11 is 0. The summed E-state index contributed by atoms with van der Waals surface area (Å²) in [6.45, 7) is 8.60. The number of carbonyl (C=O) groups is 3. The minimum Gasteiger partial charge on any atom is -0.627 e. The minimum atomic E-state index is -1.03. The van der Waals surface area contributed by atoms with Crippen molar-refractivity contribution in [2.75, 3.05) is 27.9 Å². The number of aryl methyl sites for hydroxylation is 1. The number of ether oxygens (including phenoxy) is 4. The van der Waals surface area contributed by atoms with E-state index >= 15 is 0 Å². The summed E-state index contributed by atoms with van der Waals surface area (Å²) in [4.78, 5) is 35.9. The predicted octanol–water partition coefficient (Wildman–Crippen LogP) is 4.64. The Labute approximate surface area is 284 Å². The van der Waals surface area contributed by atoms with Gasteiger partial charge in [0.1, 0.15) is 0 Å². The topological polar surface area (TPSA) is 122 Å². The van der Waals surface area contributed by atoms with Gasteiger partial charge in [0.05, 0.1) is 46.7 Å². The van der Waals surface area contributed by atoms with Crippen molar-refractivity contribution >= 4 is 23.5 Å². The summed E-state index contributed by atoms with van der Waals surface area (Å²) in [6, 6.07) is 9.75. The van der Waals surface area contributed by atoms with Crippen LogP contribution in [0.2, 0.25) is 0 Å². The Morgan fingerprint density at radius 1 is 0.909 bits per heavy atom. The number of benzene rings is 2. The predicted molar refractivity (Wildman–Crippen MR) is 167 cm³/mol. The molecule has 1 unspecified atom stereocenters. The first-order valence-electron chi connectivity index (χ1n) is 15.0. The number of amides is 1. The molecular formula is C34H48NNaO8. The molecule has 0 radical (unpaired) electrons. The van der Waals surface area contributed by atoms with Gasteiger partial charge in [-0.1, -0.05) is 76.8 Å². The molecule has 1 amide bonds. The van der Waals surface area contributed by atoms with Crippen LogP contribution in [0, 0.1) is 0 Å². The van der Waals surface area contributed by atoms with Crippen LogP contribution in [0.3, 0.4) is 0 Å². The zero-order chi connectivity index (χ0) is 32.0. The molecule has 2 aromatic rings. The number of rotatable bonds is 18. The molecule has 44 heavy (non-hydrogen) atoms. The Bertz CT molecular complexity index is 1220. The van der Waals surface area contributed by atoms with E-state index in [1.54, 1.807) is 21.3 Å². The summed E-state index contributed by atoms with van der Waals surface area (Å²) in [6.07, 6.45) is 4.92. The molecule has 9 nitrogen and oxygen atoms in total. The smallest absolute Gasteiger partial charge is 0.627 e. The number of hydrogen-bond donors (Lipinski definition) is 1. The van der Waals surface area contributed by atoms with Crippen LogP contribution in [0.25, 0.3) is 5.32 Å². The average molecular weight is 622 g/mol. The van der Waals surface area contributed by atoms with Gasteiger partial charge in [0.2, 0.25) is 5.75 Å². The van der Waals surface area contributed by atoms with Gasteiger partial charge >= 0.3 is 41.5 Å². The average Bonchev–Trinajstić information content (AvgIpc) is 2.96. The number of esters is 1. The van der Waals surface area contributed by atoms with E-state index < -0.39 is 11.9 Å². The van der Waals surface area contributed by atoms with Crippen molar-refractivity contribution in [1.82, 2.24) is 0 Å². The SMILES string of the molecule is CCCCCC(CC(=O)[N-]c1cc(CCCOC(=O)CCC(=O)O)ccc1C(C)(C)C)c1ccc(OC)c(OC)c1OC.[Na+]. The Morgan fingerprint density at radius 3 is 2.20 bits per heavy atom. The number of carbonyl (C=O) groups excluding carboxylic acids is 2. The molecule has 0 saturated heterocycles. The number of aliphatic carboxylic acids is 1. The fourth-order valence-electron chi connectivity index (χ4n) is 5.05. The van der Waals surface area contributed by atoms with Crippen LogP contribution in [0.5, 0.6) is 17.2 Å². The second kappa shape index (κ2) is 19.6. The van der Waals surface area contributed by atoms with Crippen LogP contribution in [-0.4, -0.2) is 50.9 Å². The zero-order valence-corrected chi connectivity index (χ0v) is 29.8. The Hall–Kier alpha value is -2.75. The summed E-state index contributed by atoms with van der Waals surface area (Å²) in [5.74, 6) is -0.251. The standard InChI is InChI=1S/C34H49NO8.Na/c1-8-9-10-13-24(25-15-17-28(40-5)33(42-7)32(25)41-6)22-29(36)35-27-21-23(14-16-26(27)34(2,3)4)12-11-20-43-31(39)19-18-30(37)38;/h14-17,21,24H,8-13,18-20,22H2,1-7H3,(H2,35,36,37,38);/q;+1/p-1. The summed E-state index contributed by atoms with van der Waals surface area (Å²) in [5.41, 5.74) is 3.24. The summed E-state index contributed by atoms with van der Waals surface area (Å²) in [5, 5.41) is 13.3. The maximum absolute atomic E-state index is 13.6. The summed E-state index contributed by atoms with van der Waals surface area (Å²) < 4.78 is 22.0. The first kappa shape index (κ1) is 39.3. The molecule has 0 fully saturated rings. The molecule has 0 saturated carbocycles. The molecule has 0 aromatic heterocycles. The largest absolute Gasteiger partial charge is 1.00 e. The van der Waals surface area contributed by atoms with Gasteiger partial charge in [-0.15, -0.1) is 5.69 Å². The van der Waals surface area contributed by atoms with Gasteiger partial charge in [-0.3, -0.25) is 9.59 Å². The molecule has 0 aliphatic rings. The first-order chi connectivity index (χ1) is 20.4. The molecule has 2 rings (SSSR count). The molecule has 0 bridgehead atoms. The fraction of sp³-hybridized carbons (Fsp3) is 0.559. The Morgan fingerprint density at radius 2 is 1.61 bits per heavy atom. The maximum Gasteiger partial charge on any atom is 1.00 e. The van der Waals surface area contributed by atoms with Crippen molar-refractivity contribution in [2.24, 2.45) is 0 Å². The molecule has 1 atom stereocenters. The second-order valence-corrected chi connectivity index (χ2v) is 11.6. The summed E-state index contributed by atoms with van der Waals surface area (Å²) in [7, 11) is 4.74. The molecule has 10 heteroatoms. The number of unbranched alkanes of at least 4 members (excludes halogenated alkanes) is 2. The van der Waals surface area contributed by atoms with Gasteiger partial charge < -0.3 is 34.2 Å². The number of carboxylic acid groups (broad SMARTS) is 1. The van der Waals surface area contributed by atoms with Gasteiger partial charge in [-0.25, -0.2) is 0 Å². The molecule has 1 N–H and O–H groups in total. The third-order valence-corrected chi connectivity index (χ3v) is 7.28. The minimum absolute atomic E-state index is 0. The number of methoxy groups -OCH3 is 3. The molecule has 0 aliphatic heterocycles. The van der Waals surface area contributed by atoms with Gasteiger partial charge in [0.15, 0.2) is 11.5 Å². The normalized spacial score (nSPS) is 11.6. The van der Waals surface area contributed by atoms with E-state index in [4.69, 9.17) is 24.1 Å². The zero-order valence-electron chi connectivity index (χ0n) is 27.8. The van der Waals surface area contributed by atoms with E-state index in [2.05, 4.69) is 33.0 Å². The Balaban J connectivity index is 0.00000968. The van der Waals surface area contributed by atoms with Crippen LogP contribution in [0.4, 0.5) is 5.69 Å². The molecule has 238 valence electrons. The van der Waals surface area contributed by atoms with E-state index in [1.807, 2.05) is 30.3 Å². The van der Waals surface area contributed by atoms with Gasteiger partial charge in [-0.2, -0.15) is 0 Å². The van der Waals surface area contributed by atoms with E-state index in [0.29, 0.717) is 35.8 Å². The van der Waals surface area contributed by atoms with Crippen molar-refractivity contribution in [3.05, 3.63) is 52.3 Å². The second-order valence-electron chi connectivity index (χ2n) is 11.6. The quantitative estimate of drug-likeness (QED) is 0.145. The van der Waals surface area contributed by atoms with Crippen LogP contribution < -0.4 is 43.8 Å². The van der Waals surface area contributed by atoms with Gasteiger partial charge in [0.25, 0.3) is 0 Å². The van der Waals surface area contributed by atoms with E-state index in [-0.39, 0.29) is 72.7 Å². The van der Waals surface area contributed by atoms with Crippen molar-refractivity contribution in [2.45, 2.75) is 96.8 Å². The molecular weight excluding hydrogens is 573 g/mol. The van der Waals surface area contributed by atoms with Gasteiger partial charge in [-0.05, 0) is 48.6 Å². The van der Waals surface area contributed by atoms with E-state index in [9.17, 15) is 14.4 Å². The number of carboxylic acids is 1. The molecule has 0 heterocycles. The van der Waals surface area contributed by atoms with Crippen LogP contribution in [0.1, 0.15) is 102 Å². The van der Waals surface area contributed by atoms with E-state index in [0.717, 1.165) is 42.4 Å². The van der Waals surface area contributed by atoms with Crippen LogP contribution >= 0.6 is 0 Å². The third-order valence-electron chi connectivity index (χ3n) is 7.28. The van der Waals surface area contributed by atoms with Crippen molar-refractivity contribution in [3.8, 4) is 17.2 Å². The number of hydrogen-bond acceptors (Lipinski definition) is 7. The molecule has 2 aromatic carbocycles. The number of nitrogens with zero attached hydrogens (tertiary/aromatic N) is 1. The molecule has 0 spiro atoms. The van der Waals surface area contributed by atoms with Crippen molar-refractivity contribution in [3.63, 3.8) is 0 Å². The Kier molecular flexibility index (Phi) is 17.5. The fourth-order valence-corrected chi connectivity index (χ4v) is 5.05. The first-order valence-corrected chi connectivity index (χ1v) is 15.0. The third kappa shape index (κ3) is 12.3. The van der Waals surface area contributed by atoms with Crippen molar-refractivity contribution in [1.29, 1.82) is 0 Å².